The molecular weight excluding hydrogens is 316 g/mol. The van der Waals surface area contributed by atoms with Crippen LogP contribution >= 0.6 is 0 Å². The minimum atomic E-state index is -3.76. The Balaban J connectivity index is 2.19. The minimum Gasteiger partial charge on any atom is -0.370 e. The molecule has 23 heavy (non-hydrogen) atoms. The molecule has 0 bridgehead atoms. The number of amides is 2. The summed E-state index contributed by atoms with van der Waals surface area (Å²) in [5.41, 5.74) is 5.06. The first-order valence-corrected chi connectivity index (χ1v) is 9.25. The van der Waals surface area contributed by atoms with Crippen LogP contribution in [0, 0.1) is 0 Å². The lowest BCUT2D eigenvalue weighted by Crippen LogP contribution is -2.50. The van der Waals surface area contributed by atoms with Gasteiger partial charge in [0.05, 0.1) is 4.90 Å². The number of nitrogens with two attached hydrogens (primary N) is 1. The largest absolute Gasteiger partial charge is 0.370 e. The lowest BCUT2D eigenvalue weighted by molar-refractivity contribution is -0.124. The summed E-state index contributed by atoms with van der Waals surface area (Å²) in [6.07, 6.45) is 2.64. The van der Waals surface area contributed by atoms with Crippen LogP contribution in [0.25, 0.3) is 0 Å². The summed E-state index contributed by atoms with van der Waals surface area (Å²) in [7, 11) is -3.76. The molecule has 0 aromatic heterocycles. The van der Waals surface area contributed by atoms with E-state index in [0.717, 1.165) is 0 Å². The van der Waals surface area contributed by atoms with Crippen molar-refractivity contribution in [1.29, 1.82) is 0 Å². The Labute approximate surface area is 136 Å². The standard InChI is InChI=1S/C16H22N2O4S/c17-14(19)9-6-12-18-15(20)16(10-4-5-11-16)23(21,22)13-7-2-1-3-8-13/h1-3,7-8H,4-6,9-12H2,(H2,17,19)(H,18,20). The summed E-state index contributed by atoms with van der Waals surface area (Å²) in [6, 6.07) is 8.09. The van der Waals surface area contributed by atoms with Crippen LogP contribution in [0.2, 0.25) is 0 Å². The van der Waals surface area contributed by atoms with Crippen molar-refractivity contribution in [3.05, 3.63) is 30.3 Å². The monoisotopic (exact) mass is 338 g/mol. The molecular formula is C16H22N2O4S. The van der Waals surface area contributed by atoms with Crippen LogP contribution in [0.4, 0.5) is 0 Å². The Morgan fingerprint density at radius 2 is 1.74 bits per heavy atom. The number of hydrogen-bond donors (Lipinski definition) is 2. The molecule has 1 aromatic carbocycles. The van der Waals surface area contributed by atoms with E-state index in [1.165, 1.54) is 12.1 Å². The van der Waals surface area contributed by atoms with Crippen LogP contribution in [-0.4, -0.2) is 31.5 Å². The van der Waals surface area contributed by atoms with Gasteiger partial charge in [0.2, 0.25) is 11.8 Å². The molecule has 0 heterocycles. The van der Waals surface area contributed by atoms with Gasteiger partial charge < -0.3 is 11.1 Å². The van der Waals surface area contributed by atoms with E-state index < -0.39 is 26.4 Å². The maximum Gasteiger partial charge on any atom is 0.241 e. The molecule has 0 atom stereocenters. The van der Waals surface area contributed by atoms with Crippen LogP contribution < -0.4 is 11.1 Å². The highest BCUT2D eigenvalue weighted by Gasteiger charge is 2.52. The Bertz CT molecular complexity index is 665. The van der Waals surface area contributed by atoms with Gasteiger partial charge in [0.25, 0.3) is 0 Å². The van der Waals surface area contributed by atoms with Crippen molar-refractivity contribution in [2.24, 2.45) is 5.73 Å². The SMILES string of the molecule is NC(=O)CCCNC(=O)C1(S(=O)(=O)c2ccccc2)CCCC1. The van der Waals surface area contributed by atoms with E-state index in [-0.39, 0.29) is 17.9 Å². The van der Waals surface area contributed by atoms with E-state index in [4.69, 9.17) is 5.73 Å². The highest BCUT2D eigenvalue weighted by Crippen LogP contribution is 2.40. The molecule has 3 N–H and O–H groups in total. The minimum absolute atomic E-state index is 0.165. The van der Waals surface area contributed by atoms with Gasteiger partial charge in [-0.15, -0.1) is 0 Å². The number of hydrogen-bond acceptors (Lipinski definition) is 4. The highest BCUT2D eigenvalue weighted by molar-refractivity contribution is 7.93. The summed E-state index contributed by atoms with van der Waals surface area (Å²) in [4.78, 5) is 23.5. The third-order valence-electron chi connectivity index (χ3n) is 4.28. The summed E-state index contributed by atoms with van der Waals surface area (Å²) >= 11 is 0. The normalized spacial score (nSPS) is 16.9. The molecule has 0 unspecified atom stereocenters. The van der Waals surface area contributed by atoms with Gasteiger partial charge in [-0.3, -0.25) is 9.59 Å². The van der Waals surface area contributed by atoms with E-state index in [2.05, 4.69) is 5.32 Å². The quantitative estimate of drug-likeness (QED) is 0.727. The molecule has 1 saturated carbocycles. The van der Waals surface area contributed by atoms with E-state index in [0.29, 0.717) is 32.1 Å². The average molecular weight is 338 g/mol. The summed E-state index contributed by atoms with van der Waals surface area (Å²) in [6.45, 7) is 0.244. The van der Waals surface area contributed by atoms with Gasteiger partial charge in [0.15, 0.2) is 14.6 Å². The number of carbonyl (C=O) groups is 2. The zero-order valence-corrected chi connectivity index (χ0v) is 13.8. The van der Waals surface area contributed by atoms with Gasteiger partial charge in [-0.1, -0.05) is 31.0 Å². The van der Waals surface area contributed by atoms with Crippen LogP contribution in [-0.2, 0) is 19.4 Å². The fraction of sp³-hybridized carbons (Fsp3) is 0.500. The predicted molar refractivity (Wildman–Crippen MR) is 86.3 cm³/mol. The van der Waals surface area contributed by atoms with Crippen molar-refractivity contribution in [3.8, 4) is 0 Å². The fourth-order valence-electron chi connectivity index (χ4n) is 3.01. The van der Waals surface area contributed by atoms with Crippen molar-refractivity contribution in [2.45, 2.75) is 48.2 Å². The zero-order valence-electron chi connectivity index (χ0n) is 13.0. The van der Waals surface area contributed by atoms with Gasteiger partial charge in [-0.25, -0.2) is 8.42 Å². The van der Waals surface area contributed by atoms with Crippen molar-refractivity contribution < 1.29 is 18.0 Å². The van der Waals surface area contributed by atoms with Gasteiger partial charge in [0.1, 0.15) is 0 Å². The molecule has 0 saturated heterocycles. The number of rotatable bonds is 7. The first-order valence-electron chi connectivity index (χ1n) is 7.76. The van der Waals surface area contributed by atoms with E-state index in [1.54, 1.807) is 18.2 Å². The Morgan fingerprint density at radius 1 is 1.13 bits per heavy atom. The second kappa shape index (κ2) is 7.12. The average Bonchev–Trinajstić information content (AvgIpc) is 3.03. The number of sulfone groups is 1. The number of benzene rings is 1. The predicted octanol–water partition coefficient (Wildman–Crippen LogP) is 1.15. The molecule has 7 heteroatoms. The Hall–Kier alpha value is -1.89. The van der Waals surface area contributed by atoms with Gasteiger partial charge >= 0.3 is 0 Å². The highest BCUT2D eigenvalue weighted by atomic mass is 32.2. The first kappa shape index (κ1) is 17.5. The zero-order chi connectivity index (χ0) is 16.9. The molecule has 2 rings (SSSR count). The van der Waals surface area contributed by atoms with Crippen LogP contribution in [0.5, 0.6) is 0 Å². The van der Waals surface area contributed by atoms with Crippen molar-refractivity contribution in [2.75, 3.05) is 6.54 Å². The smallest absolute Gasteiger partial charge is 0.241 e. The Kier molecular flexibility index (Phi) is 5.41. The van der Waals surface area contributed by atoms with E-state index >= 15 is 0 Å². The number of primary amides is 1. The number of nitrogens with one attached hydrogen (secondary N) is 1. The molecule has 0 radical (unpaired) electrons. The summed E-state index contributed by atoms with van der Waals surface area (Å²) < 4.78 is 24.6. The molecule has 1 fully saturated rings. The molecule has 0 aliphatic heterocycles. The third-order valence-corrected chi connectivity index (χ3v) is 6.79. The fourth-order valence-corrected chi connectivity index (χ4v) is 5.12. The molecule has 2 amide bonds. The maximum atomic E-state index is 13.0. The van der Waals surface area contributed by atoms with E-state index in [9.17, 15) is 18.0 Å². The van der Waals surface area contributed by atoms with Gasteiger partial charge in [-0.2, -0.15) is 0 Å². The van der Waals surface area contributed by atoms with Gasteiger partial charge in [0, 0.05) is 13.0 Å². The van der Waals surface area contributed by atoms with Crippen LogP contribution in [0.1, 0.15) is 38.5 Å². The van der Waals surface area contributed by atoms with Crippen molar-refractivity contribution >= 4 is 21.7 Å². The summed E-state index contributed by atoms with van der Waals surface area (Å²) in [5.74, 6) is -0.907. The molecule has 6 nitrogen and oxygen atoms in total. The molecule has 1 aromatic rings. The van der Waals surface area contributed by atoms with E-state index in [1.807, 2.05) is 0 Å². The molecule has 0 spiro atoms. The van der Waals surface area contributed by atoms with Crippen molar-refractivity contribution in [1.82, 2.24) is 5.32 Å². The maximum absolute atomic E-state index is 13.0. The topological polar surface area (TPSA) is 106 Å². The molecule has 1 aliphatic rings. The molecule has 126 valence electrons. The Morgan fingerprint density at radius 3 is 2.30 bits per heavy atom. The number of carbonyl (C=O) groups excluding carboxylic acids is 2. The molecule has 1 aliphatic carbocycles. The second-order valence-corrected chi connectivity index (χ2v) is 8.10. The van der Waals surface area contributed by atoms with Crippen LogP contribution in [0.15, 0.2) is 35.2 Å². The van der Waals surface area contributed by atoms with Gasteiger partial charge in [-0.05, 0) is 31.4 Å². The second-order valence-electron chi connectivity index (χ2n) is 5.84. The lowest BCUT2D eigenvalue weighted by atomic mass is 10.1. The summed E-state index contributed by atoms with van der Waals surface area (Å²) in [5, 5.41) is 2.67. The van der Waals surface area contributed by atoms with Crippen LogP contribution in [0.3, 0.4) is 0 Å². The first-order chi connectivity index (χ1) is 10.9. The van der Waals surface area contributed by atoms with Crippen molar-refractivity contribution in [3.63, 3.8) is 0 Å². The lowest BCUT2D eigenvalue weighted by Gasteiger charge is -2.27. The third kappa shape index (κ3) is 3.55.